The Bertz CT molecular complexity index is 887. The monoisotopic (exact) mass is 465 g/mol. The van der Waals surface area contributed by atoms with Crippen LogP contribution < -0.4 is 15.5 Å². The summed E-state index contributed by atoms with van der Waals surface area (Å²) in [4.78, 5) is 24.9. The van der Waals surface area contributed by atoms with Crippen LogP contribution in [0.3, 0.4) is 0 Å². The third-order valence-corrected chi connectivity index (χ3v) is 4.87. The molecule has 0 aromatic heterocycles. The lowest BCUT2D eigenvalue weighted by molar-refractivity contribution is -0.123. The lowest BCUT2D eigenvalue weighted by atomic mass is 10.0. The van der Waals surface area contributed by atoms with Gasteiger partial charge in [0, 0.05) is 0 Å². The number of amides is 2. The Morgan fingerprint density at radius 3 is 2.54 bits per heavy atom. The first-order valence-electron chi connectivity index (χ1n) is 8.55. The molecule has 2 aromatic rings. The Hall–Kier alpha value is -2.38. The smallest absolute Gasteiger partial charge is 0.262 e. The van der Waals surface area contributed by atoms with Crippen molar-refractivity contribution in [3.8, 4) is 5.75 Å². The van der Waals surface area contributed by atoms with E-state index in [2.05, 4.69) is 31.8 Å². The molecule has 2 aromatic carbocycles. The molecule has 0 heterocycles. The van der Waals surface area contributed by atoms with Crippen molar-refractivity contribution in [2.45, 2.75) is 19.9 Å². The zero-order valence-corrected chi connectivity index (χ0v) is 18.0. The van der Waals surface area contributed by atoms with Gasteiger partial charge in [-0.3, -0.25) is 9.59 Å². The minimum absolute atomic E-state index is 0.142. The molecule has 0 aliphatic carbocycles. The summed E-state index contributed by atoms with van der Waals surface area (Å²) in [5.74, 6) is -0.276. The Kier molecular flexibility index (Phi) is 8.02. The van der Waals surface area contributed by atoms with Gasteiger partial charge in [-0.05, 0) is 57.7 Å². The molecule has 0 fully saturated rings. The molecular weight excluding hydrogens is 446 g/mol. The summed E-state index contributed by atoms with van der Waals surface area (Å²) >= 11 is 9.44. The lowest BCUT2D eigenvalue weighted by Crippen LogP contribution is -2.48. The number of hydrogen-bond acceptors (Lipinski definition) is 4. The second-order valence-corrected chi connectivity index (χ2v) is 7.56. The van der Waals surface area contributed by atoms with Gasteiger partial charge in [-0.2, -0.15) is 5.10 Å². The SMILES string of the molecule is COc1ccc(/C=N/NC(=O)C(NC(=O)c2ccccc2Cl)C(C)C)cc1Br. The fraction of sp³-hybridized carbons (Fsp3) is 0.250. The molecule has 2 rings (SSSR count). The van der Waals surface area contributed by atoms with Crippen LogP contribution in [0.4, 0.5) is 0 Å². The van der Waals surface area contributed by atoms with E-state index in [4.69, 9.17) is 16.3 Å². The van der Waals surface area contributed by atoms with Gasteiger partial charge in [0.1, 0.15) is 11.8 Å². The van der Waals surface area contributed by atoms with Gasteiger partial charge in [0.2, 0.25) is 0 Å². The van der Waals surface area contributed by atoms with Crippen molar-refractivity contribution >= 4 is 45.6 Å². The maximum atomic E-state index is 12.5. The first kappa shape index (κ1) is 21.9. The largest absolute Gasteiger partial charge is 0.496 e. The lowest BCUT2D eigenvalue weighted by Gasteiger charge is -2.20. The highest BCUT2D eigenvalue weighted by Gasteiger charge is 2.25. The predicted octanol–water partition coefficient (Wildman–Crippen LogP) is 4.02. The molecule has 6 nitrogen and oxygen atoms in total. The number of nitrogens with one attached hydrogen (secondary N) is 2. The van der Waals surface area contributed by atoms with Crippen LogP contribution in [0.5, 0.6) is 5.75 Å². The Balaban J connectivity index is 2.03. The molecule has 0 aliphatic rings. The van der Waals surface area contributed by atoms with Crippen LogP contribution in [-0.4, -0.2) is 31.2 Å². The van der Waals surface area contributed by atoms with E-state index in [9.17, 15) is 9.59 Å². The fourth-order valence-electron chi connectivity index (χ4n) is 2.40. The Morgan fingerprint density at radius 1 is 1.21 bits per heavy atom. The van der Waals surface area contributed by atoms with E-state index < -0.39 is 17.9 Å². The molecule has 1 unspecified atom stereocenters. The van der Waals surface area contributed by atoms with E-state index >= 15 is 0 Å². The summed E-state index contributed by atoms with van der Waals surface area (Å²) in [6, 6.07) is 11.3. The van der Waals surface area contributed by atoms with Crippen molar-refractivity contribution in [2.75, 3.05) is 7.11 Å². The molecule has 0 bridgehead atoms. The first-order valence-corrected chi connectivity index (χ1v) is 9.72. The number of carbonyl (C=O) groups is 2. The van der Waals surface area contributed by atoms with Gasteiger partial charge in [-0.25, -0.2) is 5.43 Å². The number of ether oxygens (including phenoxy) is 1. The zero-order valence-electron chi connectivity index (χ0n) is 15.7. The minimum atomic E-state index is -0.761. The van der Waals surface area contributed by atoms with Crippen LogP contribution in [0.2, 0.25) is 5.02 Å². The highest BCUT2D eigenvalue weighted by atomic mass is 79.9. The molecular formula is C20H21BrClN3O3. The van der Waals surface area contributed by atoms with Gasteiger partial charge in [0.15, 0.2) is 0 Å². The molecule has 0 saturated heterocycles. The Labute approximate surface area is 177 Å². The highest BCUT2D eigenvalue weighted by molar-refractivity contribution is 9.10. The van der Waals surface area contributed by atoms with E-state index in [-0.39, 0.29) is 5.92 Å². The van der Waals surface area contributed by atoms with Crippen molar-refractivity contribution in [3.05, 3.63) is 63.1 Å². The van der Waals surface area contributed by atoms with E-state index in [1.807, 2.05) is 19.9 Å². The van der Waals surface area contributed by atoms with Gasteiger partial charge in [0.05, 0.1) is 28.4 Å². The molecule has 2 N–H and O–H groups in total. The molecule has 2 amide bonds. The zero-order chi connectivity index (χ0) is 20.7. The van der Waals surface area contributed by atoms with Gasteiger partial charge < -0.3 is 10.1 Å². The van der Waals surface area contributed by atoms with Crippen molar-refractivity contribution in [1.29, 1.82) is 0 Å². The van der Waals surface area contributed by atoms with E-state index in [0.717, 1.165) is 10.0 Å². The number of hydrazone groups is 1. The summed E-state index contributed by atoms with van der Waals surface area (Å²) in [6.45, 7) is 3.67. The third kappa shape index (κ3) is 5.81. The number of hydrogen-bond donors (Lipinski definition) is 2. The number of halogens is 2. The van der Waals surface area contributed by atoms with E-state index in [1.165, 1.54) is 6.21 Å². The minimum Gasteiger partial charge on any atom is -0.496 e. The number of nitrogens with zero attached hydrogens (tertiary/aromatic N) is 1. The standard InChI is InChI=1S/C20H21BrClN3O3/c1-12(2)18(24-19(26)14-6-4-5-7-16(14)22)20(27)25-23-11-13-8-9-17(28-3)15(21)10-13/h4-12,18H,1-3H3,(H,24,26)(H,25,27)/b23-11+. The van der Waals surface area contributed by atoms with Gasteiger partial charge in [-0.1, -0.05) is 37.6 Å². The number of benzene rings is 2. The molecule has 8 heteroatoms. The highest BCUT2D eigenvalue weighted by Crippen LogP contribution is 2.24. The van der Waals surface area contributed by atoms with Crippen molar-refractivity contribution in [3.63, 3.8) is 0 Å². The summed E-state index contributed by atoms with van der Waals surface area (Å²) < 4.78 is 5.95. The van der Waals surface area contributed by atoms with E-state index in [1.54, 1.807) is 43.5 Å². The Morgan fingerprint density at radius 2 is 1.93 bits per heavy atom. The maximum Gasteiger partial charge on any atom is 0.262 e. The predicted molar refractivity (Wildman–Crippen MR) is 114 cm³/mol. The summed E-state index contributed by atoms with van der Waals surface area (Å²) in [5, 5.41) is 7.01. The van der Waals surface area contributed by atoms with Gasteiger partial charge >= 0.3 is 0 Å². The van der Waals surface area contributed by atoms with Crippen molar-refractivity contribution in [2.24, 2.45) is 11.0 Å². The van der Waals surface area contributed by atoms with Crippen molar-refractivity contribution in [1.82, 2.24) is 10.7 Å². The number of carbonyl (C=O) groups excluding carboxylic acids is 2. The van der Waals surface area contributed by atoms with Crippen LogP contribution >= 0.6 is 27.5 Å². The average Bonchev–Trinajstić information content (AvgIpc) is 2.66. The first-order chi connectivity index (χ1) is 13.3. The summed E-state index contributed by atoms with van der Waals surface area (Å²) in [5.41, 5.74) is 3.55. The van der Waals surface area contributed by atoms with Gasteiger partial charge in [-0.15, -0.1) is 0 Å². The summed E-state index contributed by atoms with van der Waals surface area (Å²) in [7, 11) is 1.58. The van der Waals surface area contributed by atoms with Gasteiger partial charge in [0.25, 0.3) is 11.8 Å². The molecule has 1 atom stereocenters. The second kappa shape index (κ2) is 10.2. The maximum absolute atomic E-state index is 12.5. The number of rotatable bonds is 7. The van der Waals surface area contributed by atoms with Crippen LogP contribution in [0.1, 0.15) is 29.8 Å². The topological polar surface area (TPSA) is 79.8 Å². The van der Waals surface area contributed by atoms with Crippen molar-refractivity contribution < 1.29 is 14.3 Å². The third-order valence-electron chi connectivity index (χ3n) is 3.92. The molecule has 0 aliphatic heterocycles. The van der Waals surface area contributed by atoms with Crippen LogP contribution in [-0.2, 0) is 4.79 Å². The van der Waals surface area contributed by atoms with Crippen LogP contribution in [0, 0.1) is 5.92 Å². The van der Waals surface area contributed by atoms with Crippen LogP contribution in [0.15, 0.2) is 52.0 Å². The summed E-state index contributed by atoms with van der Waals surface area (Å²) in [6.07, 6.45) is 1.51. The van der Waals surface area contributed by atoms with E-state index in [0.29, 0.717) is 16.3 Å². The van der Waals surface area contributed by atoms with Crippen LogP contribution in [0.25, 0.3) is 0 Å². The molecule has 0 spiro atoms. The molecule has 28 heavy (non-hydrogen) atoms. The second-order valence-electron chi connectivity index (χ2n) is 6.30. The molecule has 0 radical (unpaired) electrons. The fourth-order valence-corrected chi connectivity index (χ4v) is 3.18. The normalized spacial score (nSPS) is 12.1. The molecule has 148 valence electrons. The molecule has 0 saturated carbocycles. The quantitative estimate of drug-likeness (QED) is 0.478. The average molecular weight is 467 g/mol. The number of methoxy groups -OCH3 is 1.